The molecule has 3 nitrogen and oxygen atoms in total. The summed E-state index contributed by atoms with van der Waals surface area (Å²) in [4.78, 5) is 13.5. The van der Waals surface area contributed by atoms with E-state index in [2.05, 4.69) is 18.2 Å². The molecule has 3 rings (SSSR count). The third kappa shape index (κ3) is 2.39. The molecule has 1 amide bonds. The standard InChI is InChI=1S/C16H22N2O/c1-18-15-6-4-12(10-13(15)5-7-16(18)19)14(8-9-17)11-2-3-11/h4,6,10-11,14H,2-3,5,7-9,17H2,1H3. The molecule has 3 heteroatoms. The van der Waals surface area contributed by atoms with E-state index in [0.29, 0.717) is 12.3 Å². The monoisotopic (exact) mass is 258 g/mol. The van der Waals surface area contributed by atoms with Crippen LogP contribution in [0.1, 0.15) is 42.7 Å². The minimum Gasteiger partial charge on any atom is -0.330 e. The van der Waals surface area contributed by atoms with Crippen LogP contribution >= 0.6 is 0 Å². The molecule has 1 aromatic carbocycles. The van der Waals surface area contributed by atoms with Crippen LogP contribution < -0.4 is 10.6 Å². The van der Waals surface area contributed by atoms with Crippen LogP contribution in [-0.4, -0.2) is 19.5 Å². The topological polar surface area (TPSA) is 46.3 Å². The molecule has 0 spiro atoms. The third-order valence-electron chi connectivity index (χ3n) is 4.54. The highest BCUT2D eigenvalue weighted by molar-refractivity contribution is 5.95. The Morgan fingerprint density at radius 1 is 1.37 bits per heavy atom. The molecule has 1 aliphatic heterocycles. The molecule has 1 saturated carbocycles. The number of hydrogen-bond donors (Lipinski definition) is 1. The van der Waals surface area contributed by atoms with Gasteiger partial charge >= 0.3 is 0 Å². The second-order valence-corrected chi connectivity index (χ2v) is 5.86. The Kier molecular flexibility index (Phi) is 3.31. The lowest BCUT2D eigenvalue weighted by Crippen LogP contribution is -2.31. The summed E-state index contributed by atoms with van der Waals surface area (Å²) in [5.74, 6) is 1.68. The SMILES string of the molecule is CN1C(=O)CCc2cc(C(CCN)C3CC3)ccc21. The van der Waals surface area contributed by atoms with Gasteiger partial charge in [0, 0.05) is 19.2 Å². The van der Waals surface area contributed by atoms with Crippen molar-refractivity contribution in [3.05, 3.63) is 29.3 Å². The van der Waals surface area contributed by atoms with Crippen molar-refractivity contribution < 1.29 is 4.79 Å². The summed E-state index contributed by atoms with van der Waals surface area (Å²) in [5, 5.41) is 0. The number of nitrogens with two attached hydrogens (primary N) is 1. The number of amides is 1. The Balaban J connectivity index is 1.90. The van der Waals surface area contributed by atoms with Gasteiger partial charge in [0.15, 0.2) is 0 Å². The van der Waals surface area contributed by atoms with Gasteiger partial charge in [0.2, 0.25) is 5.91 Å². The van der Waals surface area contributed by atoms with Gasteiger partial charge in [-0.25, -0.2) is 0 Å². The summed E-state index contributed by atoms with van der Waals surface area (Å²) < 4.78 is 0. The molecule has 102 valence electrons. The van der Waals surface area contributed by atoms with E-state index in [1.54, 1.807) is 4.90 Å². The zero-order chi connectivity index (χ0) is 13.4. The first-order valence-electron chi connectivity index (χ1n) is 7.30. The zero-order valence-corrected chi connectivity index (χ0v) is 11.6. The lowest BCUT2D eigenvalue weighted by Gasteiger charge is -2.27. The first kappa shape index (κ1) is 12.7. The summed E-state index contributed by atoms with van der Waals surface area (Å²) in [6.45, 7) is 0.761. The fraction of sp³-hybridized carbons (Fsp3) is 0.562. The van der Waals surface area contributed by atoms with Gasteiger partial charge in [-0.1, -0.05) is 12.1 Å². The lowest BCUT2D eigenvalue weighted by atomic mass is 9.88. The Morgan fingerprint density at radius 2 is 2.16 bits per heavy atom. The van der Waals surface area contributed by atoms with Gasteiger partial charge in [0.1, 0.15) is 0 Å². The van der Waals surface area contributed by atoms with Gasteiger partial charge in [-0.05, 0) is 61.3 Å². The van der Waals surface area contributed by atoms with Crippen molar-refractivity contribution in [2.45, 2.75) is 38.0 Å². The largest absolute Gasteiger partial charge is 0.330 e. The molecule has 19 heavy (non-hydrogen) atoms. The minimum atomic E-state index is 0.223. The number of carbonyl (C=O) groups is 1. The molecule has 1 heterocycles. The summed E-state index contributed by atoms with van der Waals surface area (Å²) in [6.07, 6.45) is 5.29. The average Bonchev–Trinajstić information content (AvgIpc) is 3.24. The highest BCUT2D eigenvalue weighted by Crippen LogP contribution is 2.45. The lowest BCUT2D eigenvalue weighted by molar-refractivity contribution is -0.118. The van der Waals surface area contributed by atoms with E-state index in [-0.39, 0.29) is 5.91 Å². The molecular formula is C16H22N2O. The highest BCUT2D eigenvalue weighted by atomic mass is 16.2. The fourth-order valence-electron chi connectivity index (χ4n) is 3.26. The Morgan fingerprint density at radius 3 is 2.84 bits per heavy atom. The van der Waals surface area contributed by atoms with Crippen molar-refractivity contribution in [2.75, 3.05) is 18.5 Å². The van der Waals surface area contributed by atoms with Gasteiger partial charge in [-0.3, -0.25) is 4.79 Å². The maximum absolute atomic E-state index is 11.7. The quantitative estimate of drug-likeness (QED) is 0.901. The fourth-order valence-corrected chi connectivity index (χ4v) is 3.26. The third-order valence-corrected chi connectivity index (χ3v) is 4.54. The average molecular weight is 258 g/mol. The van der Waals surface area contributed by atoms with Crippen molar-refractivity contribution >= 4 is 11.6 Å². The minimum absolute atomic E-state index is 0.223. The first-order chi connectivity index (χ1) is 9.20. The smallest absolute Gasteiger partial charge is 0.227 e. The van der Waals surface area contributed by atoms with E-state index in [4.69, 9.17) is 5.73 Å². The molecule has 0 saturated heterocycles. The van der Waals surface area contributed by atoms with Crippen LogP contribution in [0.15, 0.2) is 18.2 Å². The molecular weight excluding hydrogens is 236 g/mol. The van der Waals surface area contributed by atoms with E-state index in [1.165, 1.54) is 24.0 Å². The van der Waals surface area contributed by atoms with Crippen molar-refractivity contribution in [2.24, 2.45) is 11.7 Å². The molecule has 2 N–H and O–H groups in total. The second kappa shape index (κ2) is 4.97. The van der Waals surface area contributed by atoms with Crippen molar-refractivity contribution in [1.82, 2.24) is 0 Å². The van der Waals surface area contributed by atoms with Crippen LogP contribution in [0.4, 0.5) is 5.69 Å². The summed E-state index contributed by atoms with van der Waals surface area (Å²) in [6, 6.07) is 6.64. The molecule has 0 bridgehead atoms. The predicted octanol–water partition coefficient (Wildman–Crippen LogP) is 2.44. The van der Waals surface area contributed by atoms with Crippen LogP contribution in [0.2, 0.25) is 0 Å². The molecule has 2 aliphatic rings. The van der Waals surface area contributed by atoms with E-state index in [9.17, 15) is 4.79 Å². The first-order valence-corrected chi connectivity index (χ1v) is 7.30. The number of aryl methyl sites for hydroxylation is 1. The number of benzene rings is 1. The molecule has 1 aliphatic carbocycles. The van der Waals surface area contributed by atoms with Crippen LogP contribution in [-0.2, 0) is 11.2 Å². The van der Waals surface area contributed by atoms with Crippen LogP contribution in [0.25, 0.3) is 0 Å². The van der Waals surface area contributed by atoms with E-state index in [0.717, 1.165) is 31.0 Å². The van der Waals surface area contributed by atoms with Crippen molar-refractivity contribution in [3.63, 3.8) is 0 Å². The summed E-state index contributed by atoms with van der Waals surface area (Å²) >= 11 is 0. The van der Waals surface area contributed by atoms with Gasteiger partial charge in [0.25, 0.3) is 0 Å². The van der Waals surface area contributed by atoms with Crippen molar-refractivity contribution in [3.8, 4) is 0 Å². The number of carbonyl (C=O) groups excluding carboxylic acids is 1. The highest BCUT2D eigenvalue weighted by Gasteiger charge is 2.32. The molecule has 0 radical (unpaired) electrons. The maximum atomic E-state index is 11.7. The Bertz CT molecular complexity index is 494. The van der Waals surface area contributed by atoms with E-state index < -0.39 is 0 Å². The van der Waals surface area contributed by atoms with Crippen LogP contribution in [0, 0.1) is 5.92 Å². The maximum Gasteiger partial charge on any atom is 0.227 e. The second-order valence-electron chi connectivity index (χ2n) is 5.86. The molecule has 0 aromatic heterocycles. The Labute approximate surface area is 114 Å². The van der Waals surface area contributed by atoms with E-state index in [1.807, 2.05) is 7.05 Å². The predicted molar refractivity (Wildman–Crippen MR) is 77.3 cm³/mol. The number of nitrogens with zero attached hydrogens (tertiary/aromatic N) is 1. The summed E-state index contributed by atoms with van der Waals surface area (Å²) in [7, 11) is 1.87. The van der Waals surface area contributed by atoms with Gasteiger partial charge < -0.3 is 10.6 Å². The molecule has 1 atom stereocenters. The molecule has 1 fully saturated rings. The van der Waals surface area contributed by atoms with Crippen LogP contribution in [0.5, 0.6) is 0 Å². The van der Waals surface area contributed by atoms with Gasteiger partial charge in [-0.15, -0.1) is 0 Å². The normalized spacial score (nSPS) is 20.3. The van der Waals surface area contributed by atoms with E-state index >= 15 is 0 Å². The number of hydrogen-bond acceptors (Lipinski definition) is 2. The molecule has 1 unspecified atom stereocenters. The number of anilines is 1. The summed E-state index contributed by atoms with van der Waals surface area (Å²) in [5.41, 5.74) is 9.59. The number of fused-ring (bicyclic) bond motifs is 1. The van der Waals surface area contributed by atoms with Crippen molar-refractivity contribution in [1.29, 1.82) is 0 Å². The zero-order valence-electron chi connectivity index (χ0n) is 11.6. The Hall–Kier alpha value is -1.35. The number of rotatable bonds is 4. The van der Waals surface area contributed by atoms with Gasteiger partial charge in [0.05, 0.1) is 0 Å². The van der Waals surface area contributed by atoms with Gasteiger partial charge in [-0.2, -0.15) is 0 Å². The van der Waals surface area contributed by atoms with Crippen LogP contribution in [0.3, 0.4) is 0 Å². The molecule has 1 aromatic rings.